The third-order valence-corrected chi connectivity index (χ3v) is 4.98. The van der Waals surface area contributed by atoms with E-state index in [1.54, 1.807) is 31.4 Å². The van der Waals surface area contributed by atoms with Gasteiger partial charge in [-0.1, -0.05) is 12.1 Å². The van der Waals surface area contributed by atoms with E-state index in [1.807, 2.05) is 18.2 Å². The summed E-state index contributed by atoms with van der Waals surface area (Å²) in [6, 6.07) is 12.4. The van der Waals surface area contributed by atoms with Crippen LogP contribution in [0.25, 0.3) is 11.1 Å². The lowest BCUT2D eigenvalue weighted by atomic mass is 9.98. The summed E-state index contributed by atoms with van der Waals surface area (Å²) >= 11 is 0. The molecule has 6 nitrogen and oxygen atoms in total. The van der Waals surface area contributed by atoms with E-state index < -0.39 is 5.97 Å². The largest absolute Gasteiger partial charge is 0.497 e. The summed E-state index contributed by atoms with van der Waals surface area (Å²) < 4.78 is 15.4. The van der Waals surface area contributed by atoms with Crippen molar-refractivity contribution >= 4 is 11.9 Å². The lowest BCUT2D eigenvalue weighted by Crippen LogP contribution is -2.32. The topological polar surface area (TPSA) is 73.9 Å². The lowest BCUT2D eigenvalue weighted by Gasteiger charge is -2.22. The van der Waals surface area contributed by atoms with Gasteiger partial charge in [0.2, 0.25) is 0 Å². The number of hydrogen-bond acceptors (Lipinski definition) is 5. The van der Waals surface area contributed by atoms with E-state index in [4.69, 9.17) is 14.2 Å². The molecule has 0 saturated carbocycles. The summed E-state index contributed by atoms with van der Waals surface area (Å²) in [5.74, 6) is 0.514. The minimum Gasteiger partial charge on any atom is -0.497 e. The van der Waals surface area contributed by atoms with Gasteiger partial charge in [0.05, 0.1) is 19.8 Å². The molecule has 2 aromatic rings. The van der Waals surface area contributed by atoms with E-state index in [0.29, 0.717) is 29.3 Å². The Labute approximate surface area is 164 Å². The molecule has 3 rings (SSSR count). The fourth-order valence-electron chi connectivity index (χ4n) is 3.27. The van der Waals surface area contributed by atoms with Gasteiger partial charge in [-0.3, -0.25) is 4.79 Å². The first-order chi connectivity index (χ1) is 13.6. The van der Waals surface area contributed by atoms with Gasteiger partial charge in [-0.25, -0.2) is 4.79 Å². The Morgan fingerprint density at radius 1 is 1.07 bits per heavy atom. The average molecular weight is 383 g/mol. The molecule has 1 aliphatic heterocycles. The Balaban J connectivity index is 1.73. The Morgan fingerprint density at radius 3 is 2.43 bits per heavy atom. The molecule has 0 aromatic heterocycles. The molecular formula is C22H25NO5. The minimum absolute atomic E-state index is 0.0963. The zero-order valence-electron chi connectivity index (χ0n) is 16.2. The standard InChI is InChI=1S/C22H25NO5/c1-26-18-7-8-19(20(13-18)22(25)27-2)16-3-5-17(6-4-16)21(24)23-14-15-9-11-28-12-10-15/h3-8,13,15H,9-12,14H2,1-2H3,(H,23,24). The third-order valence-electron chi connectivity index (χ3n) is 4.98. The van der Waals surface area contributed by atoms with Crippen molar-refractivity contribution in [3.8, 4) is 16.9 Å². The van der Waals surface area contributed by atoms with E-state index in [0.717, 1.165) is 37.2 Å². The second kappa shape index (κ2) is 9.37. The summed E-state index contributed by atoms with van der Waals surface area (Å²) in [7, 11) is 2.89. The first-order valence-electron chi connectivity index (χ1n) is 9.35. The number of benzene rings is 2. The van der Waals surface area contributed by atoms with Crippen LogP contribution in [0.3, 0.4) is 0 Å². The highest BCUT2D eigenvalue weighted by molar-refractivity contribution is 5.98. The number of methoxy groups -OCH3 is 2. The molecule has 148 valence electrons. The number of amides is 1. The molecule has 0 bridgehead atoms. The summed E-state index contributed by atoms with van der Waals surface area (Å²) in [5, 5.41) is 3.00. The number of carbonyl (C=O) groups excluding carboxylic acids is 2. The highest BCUT2D eigenvalue weighted by Crippen LogP contribution is 2.28. The van der Waals surface area contributed by atoms with E-state index >= 15 is 0 Å². The first-order valence-corrected chi connectivity index (χ1v) is 9.35. The lowest BCUT2D eigenvalue weighted by molar-refractivity contribution is 0.0601. The maximum Gasteiger partial charge on any atom is 0.338 e. The number of esters is 1. The van der Waals surface area contributed by atoms with Gasteiger partial charge >= 0.3 is 5.97 Å². The van der Waals surface area contributed by atoms with Crippen LogP contribution < -0.4 is 10.1 Å². The molecule has 2 aromatic carbocycles. The SMILES string of the molecule is COC(=O)c1cc(OC)ccc1-c1ccc(C(=O)NCC2CCOCC2)cc1. The van der Waals surface area contributed by atoms with Crippen molar-refractivity contribution in [1.29, 1.82) is 0 Å². The van der Waals surface area contributed by atoms with Crippen LogP contribution >= 0.6 is 0 Å². The number of ether oxygens (including phenoxy) is 3. The van der Waals surface area contributed by atoms with Gasteiger partial charge in [0.25, 0.3) is 5.91 Å². The number of hydrogen-bond donors (Lipinski definition) is 1. The zero-order chi connectivity index (χ0) is 19.9. The highest BCUT2D eigenvalue weighted by atomic mass is 16.5. The van der Waals surface area contributed by atoms with Gasteiger partial charge in [-0.15, -0.1) is 0 Å². The predicted octanol–water partition coefficient (Wildman–Crippen LogP) is 3.31. The van der Waals surface area contributed by atoms with Crippen LogP contribution in [-0.4, -0.2) is 45.9 Å². The van der Waals surface area contributed by atoms with Crippen LogP contribution in [0.2, 0.25) is 0 Å². The monoisotopic (exact) mass is 383 g/mol. The van der Waals surface area contributed by atoms with Crippen LogP contribution in [0, 0.1) is 5.92 Å². The Kier molecular flexibility index (Phi) is 6.66. The maximum atomic E-state index is 12.4. The molecule has 28 heavy (non-hydrogen) atoms. The quantitative estimate of drug-likeness (QED) is 0.775. The van der Waals surface area contributed by atoms with Gasteiger partial charge in [-0.05, 0) is 60.2 Å². The molecule has 6 heteroatoms. The van der Waals surface area contributed by atoms with Gasteiger partial charge in [0.1, 0.15) is 5.75 Å². The van der Waals surface area contributed by atoms with Crippen molar-refractivity contribution in [2.45, 2.75) is 12.8 Å². The van der Waals surface area contributed by atoms with E-state index in [9.17, 15) is 9.59 Å². The molecule has 1 amide bonds. The molecule has 1 saturated heterocycles. The predicted molar refractivity (Wildman–Crippen MR) is 106 cm³/mol. The van der Waals surface area contributed by atoms with E-state index in [1.165, 1.54) is 7.11 Å². The Bertz CT molecular complexity index is 825. The van der Waals surface area contributed by atoms with E-state index in [2.05, 4.69) is 5.32 Å². The fraction of sp³-hybridized carbons (Fsp3) is 0.364. The normalized spacial score (nSPS) is 14.4. The maximum absolute atomic E-state index is 12.4. The number of rotatable bonds is 6. The molecule has 1 N–H and O–H groups in total. The fourth-order valence-corrected chi connectivity index (χ4v) is 3.27. The van der Waals surface area contributed by atoms with Crippen molar-refractivity contribution in [2.75, 3.05) is 34.0 Å². The Hall–Kier alpha value is -2.86. The van der Waals surface area contributed by atoms with Crippen molar-refractivity contribution in [2.24, 2.45) is 5.92 Å². The van der Waals surface area contributed by atoms with Gasteiger partial charge in [0.15, 0.2) is 0 Å². The van der Waals surface area contributed by atoms with Crippen molar-refractivity contribution < 1.29 is 23.8 Å². The van der Waals surface area contributed by atoms with Crippen molar-refractivity contribution in [1.82, 2.24) is 5.32 Å². The highest BCUT2D eigenvalue weighted by Gasteiger charge is 2.17. The van der Waals surface area contributed by atoms with Gasteiger partial charge < -0.3 is 19.5 Å². The zero-order valence-corrected chi connectivity index (χ0v) is 16.2. The molecule has 1 heterocycles. The van der Waals surface area contributed by atoms with Crippen LogP contribution in [0.4, 0.5) is 0 Å². The summed E-state index contributed by atoms with van der Waals surface area (Å²) in [5.41, 5.74) is 2.55. The molecular weight excluding hydrogens is 358 g/mol. The molecule has 0 spiro atoms. The summed E-state index contributed by atoms with van der Waals surface area (Å²) in [4.78, 5) is 24.5. The average Bonchev–Trinajstić information content (AvgIpc) is 2.77. The van der Waals surface area contributed by atoms with Gasteiger partial charge in [0, 0.05) is 25.3 Å². The van der Waals surface area contributed by atoms with Crippen LogP contribution in [0.15, 0.2) is 42.5 Å². The second-order valence-electron chi connectivity index (χ2n) is 6.75. The van der Waals surface area contributed by atoms with Crippen LogP contribution in [-0.2, 0) is 9.47 Å². The third kappa shape index (κ3) is 4.70. The Morgan fingerprint density at radius 2 is 1.79 bits per heavy atom. The molecule has 0 radical (unpaired) electrons. The molecule has 0 aliphatic carbocycles. The number of nitrogens with one attached hydrogen (secondary N) is 1. The van der Waals surface area contributed by atoms with Crippen LogP contribution in [0.1, 0.15) is 33.6 Å². The van der Waals surface area contributed by atoms with E-state index in [-0.39, 0.29) is 5.91 Å². The molecule has 0 unspecified atom stereocenters. The molecule has 1 fully saturated rings. The molecule has 1 aliphatic rings. The van der Waals surface area contributed by atoms with Crippen molar-refractivity contribution in [3.63, 3.8) is 0 Å². The van der Waals surface area contributed by atoms with Gasteiger partial charge in [-0.2, -0.15) is 0 Å². The molecule has 0 atom stereocenters. The number of carbonyl (C=O) groups is 2. The van der Waals surface area contributed by atoms with Crippen LogP contribution in [0.5, 0.6) is 5.75 Å². The minimum atomic E-state index is -0.438. The summed E-state index contributed by atoms with van der Waals surface area (Å²) in [6.07, 6.45) is 1.96. The van der Waals surface area contributed by atoms with Crippen molar-refractivity contribution in [3.05, 3.63) is 53.6 Å². The smallest absolute Gasteiger partial charge is 0.338 e. The first kappa shape index (κ1) is 19.9. The second-order valence-corrected chi connectivity index (χ2v) is 6.75. The summed E-state index contributed by atoms with van der Waals surface area (Å²) in [6.45, 7) is 2.19.